The predicted molar refractivity (Wildman–Crippen MR) is 81.4 cm³/mol. The van der Waals surface area contributed by atoms with Gasteiger partial charge in [0.1, 0.15) is 23.0 Å². The molecule has 4 N–H and O–H groups in total. The van der Waals surface area contributed by atoms with Crippen molar-refractivity contribution in [2.75, 3.05) is 0 Å². The summed E-state index contributed by atoms with van der Waals surface area (Å²) in [6.07, 6.45) is 0. The summed E-state index contributed by atoms with van der Waals surface area (Å²) in [5.41, 5.74) is 0.709. The highest BCUT2D eigenvalue weighted by Crippen LogP contribution is 2.43. The Morgan fingerprint density at radius 3 is 2.13 bits per heavy atom. The first kappa shape index (κ1) is 17.0. The Morgan fingerprint density at radius 2 is 1.61 bits per heavy atom. The van der Waals surface area contributed by atoms with Gasteiger partial charge in [-0.3, -0.25) is 14.6 Å². The van der Waals surface area contributed by atoms with Crippen LogP contribution < -0.4 is 4.52 Å². The Kier molecular flexibility index (Phi) is 4.75. The van der Waals surface area contributed by atoms with Crippen molar-refractivity contribution in [3.8, 4) is 17.2 Å². The molecule has 8 heteroatoms. The van der Waals surface area contributed by atoms with Gasteiger partial charge in [0.2, 0.25) is 0 Å². The molecule has 0 aliphatic rings. The molecule has 2 rings (SSSR count). The van der Waals surface area contributed by atoms with Crippen LogP contribution in [0.5, 0.6) is 17.2 Å². The molecule has 0 aromatic heterocycles. The number of phenolic OH excluding ortho intramolecular Hbond substituents is 2. The number of phosphoric acid groups is 1. The number of carbonyl (C=O) groups excluding carboxylic acids is 1. The van der Waals surface area contributed by atoms with Gasteiger partial charge in [-0.25, -0.2) is 4.57 Å². The van der Waals surface area contributed by atoms with Gasteiger partial charge in [0.25, 0.3) is 0 Å². The molecule has 0 aliphatic carbocycles. The molecule has 122 valence electrons. The minimum atomic E-state index is -4.87. The summed E-state index contributed by atoms with van der Waals surface area (Å²) in [4.78, 5) is 30.1. The Hall–Kier alpha value is -2.34. The van der Waals surface area contributed by atoms with Crippen LogP contribution in [-0.2, 0) is 9.36 Å². The van der Waals surface area contributed by atoms with Crippen molar-refractivity contribution in [3.63, 3.8) is 0 Å². The second-order valence-electron chi connectivity index (χ2n) is 4.94. The summed E-state index contributed by atoms with van der Waals surface area (Å²) >= 11 is 0. The van der Waals surface area contributed by atoms with E-state index in [1.165, 1.54) is 43.3 Å². The molecule has 1 atom stereocenters. The zero-order valence-corrected chi connectivity index (χ0v) is 13.0. The molecule has 1 unspecified atom stereocenters. The Bertz CT molecular complexity index is 764. The molecular formula is C15H15O7P. The lowest BCUT2D eigenvalue weighted by Gasteiger charge is -2.19. The number of phosphoric ester groups is 1. The van der Waals surface area contributed by atoms with Crippen LogP contribution in [0, 0.1) is 0 Å². The van der Waals surface area contributed by atoms with E-state index in [1.807, 2.05) is 0 Å². The van der Waals surface area contributed by atoms with Gasteiger partial charge in [-0.1, -0.05) is 18.2 Å². The number of carbonyl (C=O) groups is 1. The minimum Gasteiger partial charge on any atom is -0.508 e. The highest BCUT2D eigenvalue weighted by atomic mass is 31.2. The highest BCUT2D eigenvalue weighted by molar-refractivity contribution is 7.46. The highest BCUT2D eigenvalue weighted by Gasteiger charge is 2.26. The quantitative estimate of drug-likeness (QED) is 0.617. The van der Waals surface area contributed by atoms with Crippen LogP contribution in [0.3, 0.4) is 0 Å². The maximum Gasteiger partial charge on any atom is 0.524 e. The molecule has 23 heavy (non-hydrogen) atoms. The van der Waals surface area contributed by atoms with E-state index in [0.29, 0.717) is 5.56 Å². The van der Waals surface area contributed by atoms with E-state index < -0.39 is 13.7 Å². The Labute approximate surface area is 132 Å². The smallest absolute Gasteiger partial charge is 0.508 e. The predicted octanol–water partition coefficient (Wildman–Crippen LogP) is 2.29. The molecule has 0 spiro atoms. The molecule has 0 fully saturated rings. The van der Waals surface area contributed by atoms with Gasteiger partial charge in [0.15, 0.2) is 0 Å². The van der Waals surface area contributed by atoms with Gasteiger partial charge in [0, 0.05) is 11.6 Å². The maximum absolute atomic E-state index is 12.1. The van der Waals surface area contributed by atoms with Crippen LogP contribution in [0.25, 0.3) is 0 Å². The van der Waals surface area contributed by atoms with E-state index in [1.54, 1.807) is 0 Å². The number of rotatable bonds is 5. The fourth-order valence-corrected chi connectivity index (χ4v) is 2.68. The fourth-order valence-electron chi connectivity index (χ4n) is 2.27. The summed E-state index contributed by atoms with van der Waals surface area (Å²) < 4.78 is 15.7. The zero-order valence-electron chi connectivity index (χ0n) is 12.1. The molecule has 2 aromatic carbocycles. The average Bonchev–Trinajstić information content (AvgIpc) is 2.41. The number of benzene rings is 2. The molecule has 0 radical (unpaired) electrons. The summed E-state index contributed by atoms with van der Waals surface area (Å²) in [6.45, 7) is 1.33. The van der Waals surface area contributed by atoms with Crippen LogP contribution in [0.2, 0.25) is 0 Å². The van der Waals surface area contributed by atoms with Crippen molar-refractivity contribution in [1.82, 2.24) is 0 Å². The van der Waals surface area contributed by atoms with E-state index >= 15 is 0 Å². The third-order valence-electron chi connectivity index (χ3n) is 3.16. The van der Waals surface area contributed by atoms with Crippen molar-refractivity contribution in [3.05, 3.63) is 53.6 Å². The summed E-state index contributed by atoms with van der Waals surface area (Å²) in [5.74, 6) is -1.68. The second-order valence-corrected chi connectivity index (χ2v) is 6.10. The molecule has 0 aliphatic heterocycles. The van der Waals surface area contributed by atoms with Gasteiger partial charge >= 0.3 is 7.82 Å². The third kappa shape index (κ3) is 4.32. The Morgan fingerprint density at radius 1 is 1.04 bits per heavy atom. The number of hydrogen-bond acceptors (Lipinski definition) is 5. The average molecular weight is 338 g/mol. The summed E-state index contributed by atoms with van der Waals surface area (Å²) in [7, 11) is -4.87. The first-order chi connectivity index (χ1) is 10.7. The third-order valence-corrected chi connectivity index (χ3v) is 3.59. The second kappa shape index (κ2) is 6.42. The normalized spacial score (nSPS) is 12.7. The standard InChI is InChI=1S/C15H15O7P/c1-9(16)15(10-2-4-11(17)5-3-10)13-7-6-12(18)8-14(13)22-23(19,20)21/h2-8,15,17-18H,1H3,(H2,19,20,21). The van der Waals surface area contributed by atoms with E-state index in [0.717, 1.165) is 6.07 Å². The molecular weight excluding hydrogens is 323 g/mol. The van der Waals surface area contributed by atoms with Gasteiger partial charge in [-0.15, -0.1) is 0 Å². The van der Waals surface area contributed by atoms with Crippen molar-refractivity contribution in [2.24, 2.45) is 0 Å². The van der Waals surface area contributed by atoms with Gasteiger partial charge in [-0.05, 0) is 30.7 Å². The van der Waals surface area contributed by atoms with Gasteiger partial charge in [-0.2, -0.15) is 0 Å². The maximum atomic E-state index is 12.1. The molecule has 7 nitrogen and oxygen atoms in total. The van der Waals surface area contributed by atoms with Gasteiger partial charge < -0.3 is 14.7 Å². The van der Waals surface area contributed by atoms with Crippen LogP contribution >= 0.6 is 7.82 Å². The molecule has 0 saturated heterocycles. The molecule has 2 aromatic rings. The van der Waals surface area contributed by atoms with Crippen LogP contribution in [0.1, 0.15) is 24.0 Å². The number of Topliss-reactive ketones (excluding diaryl/α,β-unsaturated/α-hetero) is 1. The molecule has 0 heterocycles. The van der Waals surface area contributed by atoms with Crippen molar-refractivity contribution < 1.29 is 33.9 Å². The number of phenols is 2. The largest absolute Gasteiger partial charge is 0.524 e. The van der Waals surface area contributed by atoms with Crippen molar-refractivity contribution in [2.45, 2.75) is 12.8 Å². The lowest BCUT2D eigenvalue weighted by Crippen LogP contribution is -2.12. The lowest BCUT2D eigenvalue weighted by atomic mass is 9.87. The van der Waals surface area contributed by atoms with Crippen molar-refractivity contribution >= 4 is 13.6 Å². The van der Waals surface area contributed by atoms with Crippen LogP contribution in [0.15, 0.2) is 42.5 Å². The van der Waals surface area contributed by atoms with Crippen LogP contribution in [-0.4, -0.2) is 25.8 Å². The van der Waals surface area contributed by atoms with E-state index in [2.05, 4.69) is 4.52 Å². The molecule has 0 amide bonds. The van der Waals surface area contributed by atoms with Crippen molar-refractivity contribution in [1.29, 1.82) is 0 Å². The number of ketones is 1. The SMILES string of the molecule is CC(=O)C(c1ccc(O)cc1)c1ccc(O)cc1OP(=O)(O)O. The van der Waals surface area contributed by atoms with Gasteiger partial charge in [0.05, 0.1) is 5.92 Å². The first-order valence-corrected chi connectivity index (χ1v) is 8.08. The summed E-state index contributed by atoms with van der Waals surface area (Å²) in [5, 5.41) is 18.9. The first-order valence-electron chi connectivity index (χ1n) is 6.55. The Balaban J connectivity index is 2.57. The van der Waals surface area contributed by atoms with Crippen LogP contribution in [0.4, 0.5) is 0 Å². The molecule has 0 bridgehead atoms. The number of aromatic hydroxyl groups is 2. The van der Waals surface area contributed by atoms with E-state index in [9.17, 15) is 19.6 Å². The zero-order chi connectivity index (χ0) is 17.2. The minimum absolute atomic E-state index is 0.0217. The lowest BCUT2D eigenvalue weighted by molar-refractivity contribution is -0.117. The molecule has 0 saturated carbocycles. The fraction of sp³-hybridized carbons (Fsp3) is 0.133. The van der Waals surface area contributed by atoms with E-state index in [4.69, 9.17) is 9.79 Å². The monoisotopic (exact) mass is 338 g/mol. The summed E-state index contributed by atoms with van der Waals surface area (Å²) in [6, 6.07) is 9.53. The number of hydrogen-bond donors (Lipinski definition) is 4. The topological polar surface area (TPSA) is 124 Å². The van der Waals surface area contributed by atoms with E-state index in [-0.39, 0.29) is 28.6 Å².